The topological polar surface area (TPSA) is 97.3 Å². The maximum Gasteiger partial charge on any atom is 0.351 e. The molecule has 1 aromatic heterocycles. The summed E-state index contributed by atoms with van der Waals surface area (Å²) in [6.45, 7) is 0. The number of pyridine rings is 1. The maximum absolute atomic E-state index is 10.8. The standard InChI is InChI=1S/C6H9N5O/c7-10-6(12)11(8)5-3-1-2-4-9-5/h1-4H,7-8H2,(H,10,12). The molecule has 0 saturated heterocycles. The highest BCUT2D eigenvalue weighted by Crippen LogP contribution is 2.03. The summed E-state index contributed by atoms with van der Waals surface area (Å²) < 4.78 is 0. The van der Waals surface area contributed by atoms with Gasteiger partial charge in [0.1, 0.15) is 0 Å². The summed E-state index contributed by atoms with van der Waals surface area (Å²) in [6, 6.07) is 4.41. The van der Waals surface area contributed by atoms with Crippen molar-refractivity contribution in [2.75, 3.05) is 5.01 Å². The van der Waals surface area contributed by atoms with E-state index in [9.17, 15) is 4.79 Å². The Balaban J connectivity index is 2.78. The number of hydrazine groups is 2. The fraction of sp³-hybridized carbons (Fsp3) is 0. The van der Waals surface area contributed by atoms with Crippen LogP contribution < -0.4 is 22.1 Å². The first-order valence-electron chi connectivity index (χ1n) is 3.22. The molecule has 1 aromatic rings. The summed E-state index contributed by atoms with van der Waals surface area (Å²) in [5, 5.41) is 0.819. The van der Waals surface area contributed by atoms with Crippen molar-refractivity contribution in [1.82, 2.24) is 10.4 Å². The lowest BCUT2D eigenvalue weighted by Crippen LogP contribution is -2.47. The molecule has 0 aliphatic rings. The highest BCUT2D eigenvalue weighted by Gasteiger charge is 2.09. The Morgan fingerprint density at radius 2 is 2.33 bits per heavy atom. The van der Waals surface area contributed by atoms with E-state index in [1.54, 1.807) is 18.2 Å². The van der Waals surface area contributed by atoms with Crippen molar-refractivity contribution in [1.29, 1.82) is 0 Å². The van der Waals surface area contributed by atoms with E-state index in [2.05, 4.69) is 4.98 Å². The van der Waals surface area contributed by atoms with Crippen molar-refractivity contribution in [3.63, 3.8) is 0 Å². The number of nitrogens with one attached hydrogen (secondary N) is 1. The van der Waals surface area contributed by atoms with E-state index in [1.807, 2.05) is 5.43 Å². The van der Waals surface area contributed by atoms with Crippen molar-refractivity contribution < 1.29 is 4.79 Å². The molecular formula is C6H9N5O. The largest absolute Gasteiger partial charge is 0.351 e. The van der Waals surface area contributed by atoms with E-state index in [0.717, 1.165) is 5.01 Å². The number of nitrogens with zero attached hydrogens (tertiary/aromatic N) is 2. The predicted octanol–water partition coefficient (Wildman–Crippen LogP) is -0.655. The first-order chi connectivity index (χ1) is 5.75. The van der Waals surface area contributed by atoms with E-state index in [4.69, 9.17) is 11.7 Å². The van der Waals surface area contributed by atoms with Crippen LogP contribution in [0.3, 0.4) is 0 Å². The molecule has 0 unspecified atom stereocenters. The Kier molecular flexibility index (Phi) is 2.57. The lowest BCUT2D eigenvalue weighted by atomic mass is 10.4. The summed E-state index contributed by atoms with van der Waals surface area (Å²) in [4.78, 5) is 14.7. The SMILES string of the molecule is NNC(=O)N(N)c1ccccn1. The van der Waals surface area contributed by atoms with Gasteiger partial charge in [0.15, 0.2) is 5.82 Å². The molecular weight excluding hydrogens is 158 g/mol. The number of aromatic nitrogens is 1. The number of rotatable bonds is 1. The summed E-state index contributed by atoms with van der Waals surface area (Å²) >= 11 is 0. The minimum Gasteiger partial charge on any atom is -0.274 e. The number of hydrogen-bond donors (Lipinski definition) is 3. The summed E-state index contributed by atoms with van der Waals surface area (Å²) in [5.41, 5.74) is 1.89. The lowest BCUT2D eigenvalue weighted by molar-refractivity contribution is 0.246. The Hall–Kier alpha value is -1.66. The van der Waals surface area contributed by atoms with E-state index >= 15 is 0 Å². The van der Waals surface area contributed by atoms with E-state index in [0.29, 0.717) is 5.82 Å². The summed E-state index contributed by atoms with van der Waals surface area (Å²) in [5.74, 6) is 10.5. The fourth-order valence-electron chi connectivity index (χ4n) is 0.670. The molecule has 0 aliphatic heterocycles. The molecule has 6 heteroatoms. The second-order valence-electron chi connectivity index (χ2n) is 2.01. The predicted molar refractivity (Wildman–Crippen MR) is 43.6 cm³/mol. The van der Waals surface area contributed by atoms with Crippen molar-refractivity contribution in [2.24, 2.45) is 11.7 Å². The Labute approximate surface area is 69.1 Å². The first kappa shape index (κ1) is 8.44. The van der Waals surface area contributed by atoms with Crippen LogP contribution in [0.2, 0.25) is 0 Å². The summed E-state index contributed by atoms with van der Waals surface area (Å²) in [7, 11) is 0. The quantitative estimate of drug-likeness (QED) is 0.294. The van der Waals surface area contributed by atoms with E-state index in [1.165, 1.54) is 6.20 Å². The van der Waals surface area contributed by atoms with Crippen LogP contribution in [0.25, 0.3) is 0 Å². The van der Waals surface area contributed by atoms with Crippen LogP contribution in [-0.4, -0.2) is 11.0 Å². The zero-order valence-electron chi connectivity index (χ0n) is 6.27. The van der Waals surface area contributed by atoms with Crippen LogP contribution >= 0.6 is 0 Å². The molecule has 0 saturated carbocycles. The van der Waals surface area contributed by atoms with Crippen LogP contribution in [0.15, 0.2) is 24.4 Å². The number of amides is 2. The fourth-order valence-corrected chi connectivity index (χ4v) is 0.670. The van der Waals surface area contributed by atoms with Gasteiger partial charge in [-0.15, -0.1) is 0 Å². The van der Waals surface area contributed by atoms with Crippen molar-refractivity contribution >= 4 is 11.8 Å². The lowest BCUT2D eigenvalue weighted by Gasteiger charge is -2.13. The van der Waals surface area contributed by atoms with Gasteiger partial charge in [-0.1, -0.05) is 6.07 Å². The normalized spacial score (nSPS) is 9.17. The van der Waals surface area contributed by atoms with Gasteiger partial charge < -0.3 is 0 Å². The van der Waals surface area contributed by atoms with Gasteiger partial charge in [0.05, 0.1) is 0 Å². The van der Waals surface area contributed by atoms with Gasteiger partial charge in [-0.25, -0.2) is 26.5 Å². The molecule has 0 spiro atoms. The second-order valence-corrected chi connectivity index (χ2v) is 2.01. The van der Waals surface area contributed by atoms with Gasteiger partial charge in [0, 0.05) is 6.20 Å². The number of nitrogens with two attached hydrogens (primary N) is 2. The molecule has 1 heterocycles. The van der Waals surface area contributed by atoms with Crippen LogP contribution in [-0.2, 0) is 0 Å². The smallest absolute Gasteiger partial charge is 0.274 e. The first-order valence-corrected chi connectivity index (χ1v) is 3.22. The van der Waals surface area contributed by atoms with Gasteiger partial charge in [-0.2, -0.15) is 0 Å². The number of carbonyl (C=O) groups excluding carboxylic acids is 1. The van der Waals surface area contributed by atoms with Crippen LogP contribution in [0.4, 0.5) is 10.6 Å². The zero-order chi connectivity index (χ0) is 8.97. The Bertz CT molecular complexity index is 262. The van der Waals surface area contributed by atoms with Crippen LogP contribution in [0.1, 0.15) is 0 Å². The van der Waals surface area contributed by atoms with Gasteiger partial charge in [-0.05, 0) is 12.1 Å². The average Bonchev–Trinajstić information content (AvgIpc) is 2.17. The minimum atomic E-state index is -0.617. The van der Waals surface area contributed by atoms with E-state index in [-0.39, 0.29) is 0 Å². The Morgan fingerprint density at radius 3 is 2.83 bits per heavy atom. The van der Waals surface area contributed by atoms with Gasteiger partial charge in [-0.3, -0.25) is 5.43 Å². The monoisotopic (exact) mass is 167 g/mol. The molecule has 0 radical (unpaired) electrons. The molecule has 5 N–H and O–H groups in total. The molecule has 0 bridgehead atoms. The molecule has 0 aliphatic carbocycles. The highest BCUT2D eigenvalue weighted by atomic mass is 16.2. The van der Waals surface area contributed by atoms with Gasteiger partial charge in [0.25, 0.3) is 0 Å². The van der Waals surface area contributed by atoms with Crippen molar-refractivity contribution in [3.05, 3.63) is 24.4 Å². The molecule has 0 aromatic carbocycles. The molecule has 1 rings (SSSR count). The average molecular weight is 167 g/mol. The minimum absolute atomic E-state index is 0.334. The molecule has 64 valence electrons. The number of carbonyl (C=O) groups is 1. The highest BCUT2D eigenvalue weighted by molar-refractivity contribution is 5.89. The second kappa shape index (κ2) is 3.65. The number of hydrogen-bond acceptors (Lipinski definition) is 4. The van der Waals surface area contributed by atoms with Gasteiger partial charge >= 0.3 is 6.03 Å². The molecule has 12 heavy (non-hydrogen) atoms. The van der Waals surface area contributed by atoms with Gasteiger partial charge in [0.2, 0.25) is 0 Å². The van der Waals surface area contributed by atoms with Crippen LogP contribution in [0.5, 0.6) is 0 Å². The molecule has 2 amide bonds. The molecule has 6 nitrogen and oxygen atoms in total. The van der Waals surface area contributed by atoms with E-state index < -0.39 is 6.03 Å². The molecule has 0 atom stereocenters. The van der Waals surface area contributed by atoms with Crippen molar-refractivity contribution in [3.8, 4) is 0 Å². The van der Waals surface area contributed by atoms with Crippen LogP contribution in [0, 0.1) is 0 Å². The summed E-state index contributed by atoms with van der Waals surface area (Å²) in [6.07, 6.45) is 1.53. The maximum atomic E-state index is 10.8. The third kappa shape index (κ3) is 1.68. The Morgan fingerprint density at radius 1 is 1.58 bits per heavy atom. The number of urea groups is 1. The zero-order valence-corrected chi connectivity index (χ0v) is 6.27. The van der Waals surface area contributed by atoms with Crippen molar-refractivity contribution in [2.45, 2.75) is 0 Å². The molecule has 0 fully saturated rings. The number of anilines is 1. The third-order valence-corrected chi connectivity index (χ3v) is 1.24. The third-order valence-electron chi connectivity index (χ3n) is 1.24.